The van der Waals surface area contributed by atoms with Gasteiger partial charge in [-0.2, -0.15) is 12.6 Å². The quantitative estimate of drug-likeness (QED) is 0.472. The average molecular weight is 233 g/mol. The van der Waals surface area contributed by atoms with E-state index in [0.717, 1.165) is 25.4 Å². The Hall–Kier alpha value is 0.270. The summed E-state index contributed by atoms with van der Waals surface area (Å²) >= 11 is 4.19. The highest BCUT2D eigenvalue weighted by atomic mass is 32.1. The first-order valence-electron chi connectivity index (χ1n) is 6.05. The monoisotopic (exact) mass is 233 g/mol. The van der Waals surface area contributed by atoms with Gasteiger partial charge in [-0.25, -0.2) is 0 Å². The number of hydrogen-bond donors (Lipinski definition) is 2. The molecule has 0 saturated carbocycles. The van der Waals surface area contributed by atoms with Crippen LogP contribution in [0.15, 0.2) is 0 Å². The molecule has 0 aromatic rings. The van der Waals surface area contributed by atoms with Gasteiger partial charge in [0, 0.05) is 6.54 Å². The Balaban J connectivity index is 3.53. The number of likely N-dealkylation sites (N-methyl/N-ethyl adjacent to an activating group) is 1. The lowest BCUT2D eigenvalue weighted by Crippen LogP contribution is -2.39. The van der Waals surface area contributed by atoms with Crippen molar-refractivity contribution in [3.8, 4) is 0 Å². The average Bonchev–Trinajstić information content (AvgIpc) is 2.14. The van der Waals surface area contributed by atoms with Crippen molar-refractivity contribution in [3.05, 3.63) is 0 Å². The zero-order chi connectivity index (χ0) is 11.7. The lowest BCUT2D eigenvalue weighted by atomic mass is 10.1. The topological polar surface area (TPSA) is 23.5 Å². The lowest BCUT2D eigenvalue weighted by Gasteiger charge is -2.27. The second-order valence-electron chi connectivity index (χ2n) is 4.82. The van der Waals surface area contributed by atoms with Gasteiger partial charge in [-0.3, -0.25) is 0 Å². The highest BCUT2D eigenvalue weighted by Crippen LogP contribution is 2.07. The molecule has 0 aromatic heterocycles. The van der Waals surface area contributed by atoms with Crippen LogP contribution < -0.4 is 0 Å². The molecule has 0 aromatic carbocycles. The third-order valence-electron chi connectivity index (χ3n) is 2.44. The van der Waals surface area contributed by atoms with Crippen LogP contribution in [0.2, 0.25) is 0 Å². The third kappa shape index (κ3) is 10.6. The molecule has 0 fully saturated rings. The van der Waals surface area contributed by atoms with Gasteiger partial charge in [-0.05, 0) is 45.5 Å². The summed E-state index contributed by atoms with van der Waals surface area (Å²) in [6.07, 6.45) is 5.02. The maximum absolute atomic E-state index is 9.71. The summed E-state index contributed by atoms with van der Waals surface area (Å²) in [4.78, 5) is 2.32. The van der Waals surface area contributed by atoms with Crippen LogP contribution in [0.3, 0.4) is 0 Å². The van der Waals surface area contributed by atoms with Crippen molar-refractivity contribution in [1.29, 1.82) is 0 Å². The molecule has 3 heteroatoms. The lowest BCUT2D eigenvalue weighted by molar-refractivity contribution is 0.0373. The van der Waals surface area contributed by atoms with Crippen LogP contribution in [0, 0.1) is 0 Å². The van der Waals surface area contributed by atoms with Crippen molar-refractivity contribution < 1.29 is 5.11 Å². The van der Waals surface area contributed by atoms with Crippen LogP contribution in [-0.2, 0) is 0 Å². The van der Waals surface area contributed by atoms with E-state index in [-0.39, 0.29) is 0 Å². The predicted octanol–water partition coefficient (Wildman–Crippen LogP) is 2.57. The third-order valence-corrected chi connectivity index (χ3v) is 2.76. The number of hydrogen-bond acceptors (Lipinski definition) is 3. The van der Waals surface area contributed by atoms with E-state index in [1.807, 2.05) is 13.8 Å². The number of unbranched alkanes of at least 4 members (excludes halogenated alkanes) is 3. The smallest absolute Gasteiger partial charge is 0.0718 e. The summed E-state index contributed by atoms with van der Waals surface area (Å²) in [6, 6.07) is 0. The molecular weight excluding hydrogens is 206 g/mol. The fourth-order valence-corrected chi connectivity index (χ4v) is 1.92. The number of rotatable bonds is 9. The number of aliphatic hydroxyl groups is 1. The molecule has 0 bridgehead atoms. The van der Waals surface area contributed by atoms with Gasteiger partial charge in [-0.1, -0.05) is 19.8 Å². The minimum atomic E-state index is -0.568. The zero-order valence-corrected chi connectivity index (χ0v) is 11.4. The first kappa shape index (κ1) is 15.3. The SMILES string of the molecule is CCN(CCCCCCS)CC(C)(C)O. The summed E-state index contributed by atoms with van der Waals surface area (Å²) in [5.41, 5.74) is -0.568. The van der Waals surface area contributed by atoms with Crippen molar-refractivity contribution in [2.75, 3.05) is 25.4 Å². The van der Waals surface area contributed by atoms with Crippen molar-refractivity contribution in [2.24, 2.45) is 0 Å². The number of nitrogens with zero attached hydrogens (tertiary/aromatic N) is 1. The summed E-state index contributed by atoms with van der Waals surface area (Å²) in [7, 11) is 0. The van der Waals surface area contributed by atoms with Gasteiger partial charge in [-0.15, -0.1) is 0 Å². The Morgan fingerprint density at radius 1 is 1.13 bits per heavy atom. The zero-order valence-electron chi connectivity index (χ0n) is 10.5. The molecule has 0 aliphatic rings. The van der Waals surface area contributed by atoms with Gasteiger partial charge in [0.05, 0.1) is 5.60 Å². The van der Waals surface area contributed by atoms with Crippen molar-refractivity contribution >= 4 is 12.6 Å². The van der Waals surface area contributed by atoms with Crippen LogP contribution in [0.1, 0.15) is 46.5 Å². The molecule has 0 atom stereocenters. The van der Waals surface area contributed by atoms with E-state index in [2.05, 4.69) is 24.5 Å². The van der Waals surface area contributed by atoms with Gasteiger partial charge in [0.15, 0.2) is 0 Å². The first-order valence-corrected chi connectivity index (χ1v) is 6.68. The van der Waals surface area contributed by atoms with Crippen LogP contribution in [-0.4, -0.2) is 41.0 Å². The van der Waals surface area contributed by atoms with Gasteiger partial charge >= 0.3 is 0 Å². The van der Waals surface area contributed by atoms with Crippen LogP contribution in [0.25, 0.3) is 0 Å². The molecule has 0 aliphatic heterocycles. The predicted molar refractivity (Wildman–Crippen MR) is 70.7 cm³/mol. The second kappa shape index (κ2) is 8.43. The van der Waals surface area contributed by atoms with E-state index in [0.29, 0.717) is 0 Å². The molecule has 2 nitrogen and oxygen atoms in total. The van der Waals surface area contributed by atoms with Gasteiger partial charge < -0.3 is 10.0 Å². The van der Waals surface area contributed by atoms with E-state index >= 15 is 0 Å². The highest BCUT2D eigenvalue weighted by molar-refractivity contribution is 7.80. The summed E-state index contributed by atoms with van der Waals surface area (Å²) in [5.74, 6) is 1.00. The Morgan fingerprint density at radius 3 is 2.20 bits per heavy atom. The van der Waals surface area contributed by atoms with Crippen molar-refractivity contribution in [1.82, 2.24) is 4.90 Å². The standard InChI is InChI=1S/C12H27NOS/c1-4-13(11-12(2,3)14)9-7-5-6-8-10-15/h14-15H,4-11H2,1-3H3. The van der Waals surface area contributed by atoms with Crippen molar-refractivity contribution in [2.45, 2.75) is 52.1 Å². The molecule has 0 radical (unpaired) electrons. The normalized spacial score (nSPS) is 12.4. The molecule has 0 aliphatic carbocycles. The summed E-state index contributed by atoms with van der Waals surface area (Å²) < 4.78 is 0. The fraction of sp³-hybridized carbons (Fsp3) is 1.00. The van der Waals surface area contributed by atoms with E-state index in [1.54, 1.807) is 0 Å². The molecule has 0 unspecified atom stereocenters. The maximum atomic E-state index is 9.71. The van der Waals surface area contributed by atoms with Gasteiger partial charge in [0.2, 0.25) is 0 Å². The van der Waals surface area contributed by atoms with Gasteiger partial charge in [0.1, 0.15) is 0 Å². The Labute approximate surface area is 100 Å². The fourth-order valence-electron chi connectivity index (χ4n) is 1.70. The van der Waals surface area contributed by atoms with E-state index in [9.17, 15) is 5.11 Å². The summed E-state index contributed by atoms with van der Waals surface area (Å²) in [5, 5.41) is 9.71. The molecular formula is C12H27NOS. The second-order valence-corrected chi connectivity index (χ2v) is 5.27. The number of thiol groups is 1. The van der Waals surface area contributed by atoms with Crippen LogP contribution in [0.5, 0.6) is 0 Å². The molecule has 0 saturated heterocycles. The maximum Gasteiger partial charge on any atom is 0.0718 e. The molecule has 1 N–H and O–H groups in total. The van der Waals surface area contributed by atoms with Crippen LogP contribution in [0.4, 0.5) is 0 Å². The molecule has 0 rings (SSSR count). The molecule has 0 spiro atoms. The van der Waals surface area contributed by atoms with Crippen LogP contribution >= 0.6 is 12.6 Å². The minimum Gasteiger partial charge on any atom is -0.389 e. The first-order chi connectivity index (χ1) is 6.99. The van der Waals surface area contributed by atoms with Crippen molar-refractivity contribution in [3.63, 3.8) is 0 Å². The largest absolute Gasteiger partial charge is 0.389 e. The Kier molecular flexibility index (Phi) is 8.58. The Morgan fingerprint density at radius 2 is 1.73 bits per heavy atom. The van der Waals surface area contributed by atoms with E-state index in [1.165, 1.54) is 25.7 Å². The minimum absolute atomic E-state index is 0.568. The van der Waals surface area contributed by atoms with E-state index in [4.69, 9.17) is 0 Å². The molecule has 15 heavy (non-hydrogen) atoms. The summed E-state index contributed by atoms with van der Waals surface area (Å²) in [6.45, 7) is 8.80. The van der Waals surface area contributed by atoms with E-state index < -0.39 is 5.60 Å². The molecule has 0 amide bonds. The van der Waals surface area contributed by atoms with Gasteiger partial charge in [0.25, 0.3) is 0 Å². The molecule has 0 heterocycles. The molecule has 92 valence electrons. The highest BCUT2D eigenvalue weighted by Gasteiger charge is 2.16. The Bertz CT molecular complexity index is 145.